The summed E-state index contributed by atoms with van der Waals surface area (Å²) in [5, 5.41) is 14.6. The third-order valence-electron chi connectivity index (χ3n) is 3.44. The van der Waals surface area contributed by atoms with Crippen molar-refractivity contribution in [3.8, 4) is 5.75 Å². The van der Waals surface area contributed by atoms with Gasteiger partial charge in [-0.05, 0) is 84.0 Å². The van der Waals surface area contributed by atoms with E-state index in [2.05, 4.69) is 26.6 Å². The molecule has 2 rings (SSSR count). The van der Waals surface area contributed by atoms with E-state index in [4.69, 9.17) is 22.1 Å². The summed E-state index contributed by atoms with van der Waals surface area (Å²) in [6.07, 6.45) is 0. The number of rotatable bonds is 5. The van der Waals surface area contributed by atoms with E-state index in [0.717, 1.165) is 0 Å². The molecule has 0 aliphatic carbocycles. The first-order valence-electron chi connectivity index (χ1n) is 7.70. The molecule has 2 aromatic rings. The van der Waals surface area contributed by atoms with Crippen molar-refractivity contribution in [2.75, 3.05) is 11.9 Å². The fourth-order valence-corrected chi connectivity index (χ4v) is 2.94. The molecule has 2 aromatic carbocycles. The first-order chi connectivity index (χ1) is 12.3. The Kier molecular flexibility index (Phi) is 6.70. The minimum Gasteiger partial charge on any atom is -0.493 e. The van der Waals surface area contributed by atoms with Crippen molar-refractivity contribution in [3.05, 3.63) is 57.6 Å². The maximum Gasteiger partial charge on any atom is 0.335 e. The van der Waals surface area contributed by atoms with Gasteiger partial charge in [0.05, 0.1) is 16.6 Å². The molecule has 1 amide bonds. The van der Waals surface area contributed by atoms with Crippen LogP contribution in [0.15, 0.2) is 40.9 Å². The van der Waals surface area contributed by atoms with Crippen molar-refractivity contribution < 1.29 is 19.4 Å². The van der Waals surface area contributed by atoms with Gasteiger partial charge in [-0.1, -0.05) is 0 Å². The molecule has 0 spiro atoms. The highest BCUT2D eigenvalue weighted by Crippen LogP contribution is 2.26. The molecule has 0 fully saturated rings. The predicted octanol–water partition coefficient (Wildman–Crippen LogP) is 3.98. The number of aryl methyl sites for hydroxylation is 1. The van der Waals surface area contributed by atoms with Gasteiger partial charge in [-0.25, -0.2) is 4.79 Å². The highest BCUT2D eigenvalue weighted by molar-refractivity contribution is 9.10. The number of carboxylic acid groups (broad SMARTS) is 1. The van der Waals surface area contributed by atoms with Gasteiger partial charge < -0.3 is 15.2 Å². The first kappa shape index (κ1) is 19.9. The number of carbonyl (C=O) groups is 2. The number of hydrogen-bond acceptors (Lipinski definition) is 4. The molecule has 0 heterocycles. The van der Waals surface area contributed by atoms with Crippen LogP contribution in [-0.2, 0) is 0 Å². The molecule has 0 unspecified atom stereocenters. The second kappa shape index (κ2) is 8.77. The van der Waals surface area contributed by atoms with Gasteiger partial charge in [-0.15, -0.1) is 0 Å². The summed E-state index contributed by atoms with van der Waals surface area (Å²) in [6.45, 7) is 4.09. The minimum atomic E-state index is -0.994. The van der Waals surface area contributed by atoms with Crippen LogP contribution in [0.25, 0.3) is 0 Å². The van der Waals surface area contributed by atoms with Crippen molar-refractivity contribution in [1.82, 2.24) is 5.32 Å². The Hall–Kier alpha value is -2.45. The van der Waals surface area contributed by atoms with E-state index in [1.54, 1.807) is 37.3 Å². The topological polar surface area (TPSA) is 87.7 Å². The summed E-state index contributed by atoms with van der Waals surface area (Å²) in [7, 11) is 0. The lowest BCUT2D eigenvalue weighted by atomic mass is 10.1. The zero-order chi connectivity index (χ0) is 19.3. The van der Waals surface area contributed by atoms with Gasteiger partial charge in [0.1, 0.15) is 5.75 Å². The number of ether oxygens (including phenoxy) is 1. The van der Waals surface area contributed by atoms with E-state index in [1.165, 1.54) is 6.07 Å². The Morgan fingerprint density at radius 3 is 2.54 bits per heavy atom. The molecule has 0 aromatic heterocycles. The molecule has 0 saturated heterocycles. The highest BCUT2D eigenvalue weighted by atomic mass is 79.9. The average molecular weight is 437 g/mol. The van der Waals surface area contributed by atoms with Crippen LogP contribution in [0.2, 0.25) is 0 Å². The second-order valence-electron chi connectivity index (χ2n) is 5.32. The molecule has 136 valence electrons. The van der Waals surface area contributed by atoms with Crippen LogP contribution < -0.4 is 15.4 Å². The lowest BCUT2D eigenvalue weighted by Crippen LogP contribution is -2.34. The van der Waals surface area contributed by atoms with Crippen LogP contribution >= 0.6 is 28.1 Å². The summed E-state index contributed by atoms with van der Waals surface area (Å²) in [6, 6.07) is 9.70. The van der Waals surface area contributed by atoms with Crippen molar-refractivity contribution >= 4 is 50.8 Å². The van der Waals surface area contributed by atoms with Gasteiger partial charge in [0, 0.05) is 11.3 Å². The summed E-state index contributed by atoms with van der Waals surface area (Å²) in [5.74, 6) is -0.713. The molecular formula is C18H17BrN2O4S. The van der Waals surface area contributed by atoms with E-state index in [1.807, 2.05) is 6.92 Å². The van der Waals surface area contributed by atoms with Crippen LogP contribution in [0.1, 0.15) is 33.2 Å². The molecule has 0 saturated carbocycles. The van der Waals surface area contributed by atoms with Gasteiger partial charge in [-0.2, -0.15) is 0 Å². The van der Waals surface area contributed by atoms with Crippen LogP contribution in [0, 0.1) is 6.92 Å². The number of hydrogen-bond donors (Lipinski definition) is 3. The fraction of sp³-hybridized carbons (Fsp3) is 0.167. The molecule has 3 N–H and O–H groups in total. The largest absolute Gasteiger partial charge is 0.493 e. The van der Waals surface area contributed by atoms with Gasteiger partial charge in [0.2, 0.25) is 0 Å². The number of aromatic carboxylic acids is 1. The number of carboxylic acids is 1. The van der Waals surface area contributed by atoms with Crippen molar-refractivity contribution in [1.29, 1.82) is 0 Å². The molecule has 0 aliphatic rings. The molecule has 0 aliphatic heterocycles. The number of anilines is 1. The van der Waals surface area contributed by atoms with Crippen molar-refractivity contribution in [2.45, 2.75) is 13.8 Å². The highest BCUT2D eigenvalue weighted by Gasteiger charge is 2.12. The number of carbonyl (C=O) groups excluding carboxylic acids is 1. The van der Waals surface area contributed by atoms with Gasteiger partial charge in [0.15, 0.2) is 5.11 Å². The quantitative estimate of drug-likeness (QED) is 0.614. The molecule has 26 heavy (non-hydrogen) atoms. The molecule has 0 radical (unpaired) electrons. The van der Waals surface area contributed by atoms with Crippen LogP contribution in [0.5, 0.6) is 5.75 Å². The zero-order valence-electron chi connectivity index (χ0n) is 14.1. The third-order valence-corrected chi connectivity index (χ3v) is 4.26. The number of amides is 1. The SMILES string of the molecule is CCOc1ccc(C(=O)NC(=S)Nc2ccc(C(=O)O)c(C)c2)cc1Br. The zero-order valence-corrected chi connectivity index (χ0v) is 16.5. The van der Waals surface area contributed by atoms with Crippen LogP contribution in [0.3, 0.4) is 0 Å². The molecular weight excluding hydrogens is 420 g/mol. The Balaban J connectivity index is 2.03. The average Bonchev–Trinajstić information content (AvgIpc) is 2.56. The number of benzene rings is 2. The summed E-state index contributed by atoms with van der Waals surface area (Å²) < 4.78 is 6.08. The van der Waals surface area contributed by atoms with Gasteiger partial charge in [-0.3, -0.25) is 10.1 Å². The lowest BCUT2D eigenvalue weighted by Gasteiger charge is -2.12. The number of nitrogens with one attached hydrogen (secondary N) is 2. The molecule has 8 heteroatoms. The van der Waals surface area contributed by atoms with Crippen molar-refractivity contribution in [2.24, 2.45) is 0 Å². The van der Waals surface area contributed by atoms with E-state index in [-0.39, 0.29) is 16.6 Å². The van der Waals surface area contributed by atoms with E-state index in [9.17, 15) is 9.59 Å². The lowest BCUT2D eigenvalue weighted by molar-refractivity contribution is 0.0696. The molecule has 0 atom stereocenters. The number of halogens is 1. The Bertz CT molecular complexity index is 870. The minimum absolute atomic E-state index is 0.113. The Morgan fingerprint density at radius 1 is 1.23 bits per heavy atom. The first-order valence-corrected chi connectivity index (χ1v) is 8.90. The smallest absolute Gasteiger partial charge is 0.335 e. The van der Waals surface area contributed by atoms with E-state index >= 15 is 0 Å². The monoisotopic (exact) mass is 436 g/mol. The molecule has 0 bridgehead atoms. The number of thiocarbonyl (C=S) groups is 1. The molecule has 6 nitrogen and oxygen atoms in total. The van der Waals surface area contributed by atoms with Gasteiger partial charge >= 0.3 is 5.97 Å². The third kappa shape index (κ3) is 5.03. The van der Waals surface area contributed by atoms with Crippen LogP contribution in [-0.4, -0.2) is 28.7 Å². The van der Waals surface area contributed by atoms with Crippen LogP contribution in [0.4, 0.5) is 5.69 Å². The standard InChI is InChI=1S/C18H17BrN2O4S/c1-3-25-15-7-4-11(9-14(15)19)16(22)21-18(26)20-12-5-6-13(17(23)24)10(2)8-12/h4-9H,3H2,1-2H3,(H,23,24)(H2,20,21,22,26). The summed E-state index contributed by atoms with van der Waals surface area (Å²) >= 11 is 8.51. The Morgan fingerprint density at radius 2 is 1.96 bits per heavy atom. The summed E-state index contributed by atoms with van der Waals surface area (Å²) in [5.41, 5.74) is 1.81. The van der Waals surface area contributed by atoms with E-state index in [0.29, 0.717) is 33.6 Å². The van der Waals surface area contributed by atoms with Gasteiger partial charge in [0.25, 0.3) is 5.91 Å². The summed E-state index contributed by atoms with van der Waals surface area (Å²) in [4.78, 5) is 23.3. The fourth-order valence-electron chi connectivity index (χ4n) is 2.23. The van der Waals surface area contributed by atoms with E-state index < -0.39 is 5.97 Å². The second-order valence-corrected chi connectivity index (χ2v) is 6.58. The van der Waals surface area contributed by atoms with Crippen molar-refractivity contribution in [3.63, 3.8) is 0 Å². The maximum absolute atomic E-state index is 12.3. The normalized spacial score (nSPS) is 10.1. The Labute approximate surface area is 164 Å². The predicted molar refractivity (Wildman–Crippen MR) is 107 cm³/mol. The maximum atomic E-state index is 12.3.